The SMILES string of the molecule is CN(CC(N)=O)c1ccc(N)cn1. The van der Waals surface area contributed by atoms with E-state index >= 15 is 0 Å². The number of primary amides is 1. The summed E-state index contributed by atoms with van der Waals surface area (Å²) in [6.45, 7) is 0.150. The van der Waals surface area contributed by atoms with E-state index in [0.29, 0.717) is 11.5 Å². The van der Waals surface area contributed by atoms with Crippen LogP contribution < -0.4 is 16.4 Å². The number of nitrogens with two attached hydrogens (primary N) is 2. The molecule has 0 fully saturated rings. The maximum absolute atomic E-state index is 10.6. The summed E-state index contributed by atoms with van der Waals surface area (Å²) < 4.78 is 0. The molecule has 0 aliphatic rings. The highest BCUT2D eigenvalue weighted by atomic mass is 16.1. The average molecular weight is 180 g/mol. The summed E-state index contributed by atoms with van der Waals surface area (Å²) in [6, 6.07) is 3.46. The van der Waals surface area contributed by atoms with Crippen molar-refractivity contribution in [2.75, 3.05) is 24.2 Å². The molecule has 1 rings (SSSR count). The molecule has 1 heterocycles. The van der Waals surface area contributed by atoms with Crippen LogP contribution in [0.5, 0.6) is 0 Å². The maximum Gasteiger partial charge on any atom is 0.236 e. The van der Waals surface area contributed by atoms with Crippen LogP contribution in [0.15, 0.2) is 18.3 Å². The van der Waals surface area contributed by atoms with Gasteiger partial charge in [-0.3, -0.25) is 4.79 Å². The van der Waals surface area contributed by atoms with Crippen LogP contribution in [0.4, 0.5) is 11.5 Å². The normalized spacial score (nSPS) is 9.62. The lowest BCUT2D eigenvalue weighted by Gasteiger charge is -2.15. The number of hydrogen-bond acceptors (Lipinski definition) is 4. The second kappa shape index (κ2) is 3.75. The highest BCUT2D eigenvalue weighted by Gasteiger charge is 2.04. The Bertz CT molecular complexity index is 296. The lowest BCUT2D eigenvalue weighted by molar-refractivity contribution is -0.116. The van der Waals surface area contributed by atoms with Crippen LogP contribution in [0.2, 0.25) is 0 Å². The molecule has 4 N–H and O–H groups in total. The molecule has 1 aromatic heterocycles. The van der Waals surface area contributed by atoms with Gasteiger partial charge in [0.25, 0.3) is 0 Å². The molecule has 0 aliphatic carbocycles. The van der Waals surface area contributed by atoms with Crippen molar-refractivity contribution >= 4 is 17.4 Å². The summed E-state index contributed by atoms with van der Waals surface area (Å²) >= 11 is 0. The number of nitrogens with zero attached hydrogens (tertiary/aromatic N) is 2. The van der Waals surface area contributed by atoms with Crippen molar-refractivity contribution in [1.29, 1.82) is 0 Å². The molecule has 0 atom stereocenters. The zero-order valence-electron chi connectivity index (χ0n) is 7.40. The molecule has 0 aromatic carbocycles. The Hall–Kier alpha value is -1.78. The van der Waals surface area contributed by atoms with Gasteiger partial charge in [0.1, 0.15) is 5.82 Å². The molecule has 1 amide bonds. The molecule has 5 nitrogen and oxygen atoms in total. The lowest BCUT2D eigenvalue weighted by atomic mass is 10.4. The fourth-order valence-electron chi connectivity index (χ4n) is 0.938. The maximum atomic E-state index is 10.6. The van der Waals surface area contributed by atoms with Gasteiger partial charge in [-0.2, -0.15) is 0 Å². The van der Waals surface area contributed by atoms with Gasteiger partial charge in [-0.1, -0.05) is 0 Å². The Morgan fingerprint density at radius 3 is 2.77 bits per heavy atom. The Morgan fingerprint density at radius 1 is 1.62 bits per heavy atom. The van der Waals surface area contributed by atoms with Crippen molar-refractivity contribution < 1.29 is 4.79 Å². The van der Waals surface area contributed by atoms with Crippen molar-refractivity contribution in [2.24, 2.45) is 5.73 Å². The standard InChI is InChI=1S/C8H12N4O/c1-12(5-7(10)13)8-3-2-6(9)4-11-8/h2-4H,5,9H2,1H3,(H2,10,13). The van der Waals surface area contributed by atoms with Crippen LogP contribution in [-0.2, 0) is 4.79 Å². The predicted octanol–water partition coefficient (Wildman–Crippen LogP) is -0.415. The minimum atomic E-state index is -0.388. The second-order valence-corrected chi connectivity index (χ2v) is 2.77. The van der Waals surface area contributed by atoms with E-state index in [1.165, 1.54) is 6.20 Å². The molecular weight excluding hydrogens is 168 g/mol. The molecule has 1 aromatic rings. The number of pyridine rings is 1. The number of carbonyl (C=O) groups excluding carboxylic acids is 1. The highest BCUT2D eigenvalue weighted by Crippen LogP contribution is 2.09. The first-order valence-electron chi connectivity index (χ1n) is 3.80. The minimum Gasteiger partial charge on any atom is -0.397 e. The first-order valence-corrected chi connectivity index (χ1v) is 3.80. The highest BCUT2D eigenvalue weighted by molar-refractivity contribution is 5.79. The van der Waals surface area contributed by atoms with Gasteiger partial charge in [-0.25, -0.2) is 4.98 Å². The molecule has 0 spiro atoms. The Morgan fingerprint density at radius 2 is 2.31 bits per heavy atom. The van der Waals surface area contributed by atoms with Gasteiger partial charge in [0, 0.05) is 7.05 Å². The van der Waals surface area contributed by atoms with Gasteiger partial charge in [0.15, 0.2) is 0 Å². The minimum absolute atomic E-state index is 0.150. The lowest BCUT2D eigenvalue weighted by Crippen LogP contribution is -2.30. The van der Waals surface area contributed by atoms with E-state index < -0.39 is 0 Å². The fourth-order valence-corrected chi connectivity index (χ4v) is 0.938. The zero-order chi connectivity index (χ0) is 9.84. The molecular formula is C8H12N4O. The van der Waals surface area contributed by atoms with Crippen molar-refractivity contribution in [2.45, 2.75) is 0 Å². The Labute approximate surface area is 76.3 Å². The van der Waals surface area contributed by atoms with Gasteiger partial charge < -0.3 is 16.4 Å². The van der Waals surface area contributed by atoms with E-state index in [1.807, 2.05) is 0 Å². The van der Waals surface area contributed by atoms with Gasteiger partial charge in [-0.15, -0.1) is 0 Å². The quantitative estimate of drug-likeness (QED) is 0.661. The summed E-state index contributed by atoms with van der Waals surface area (Å²) in [4.78, 5) is 16.3. The average Bonchev–Trinajstić information content (AvgIpc) is 2.04. The van der Waals surface area contributed by atoms with Gasteiger partial charge in [0.2, 0.25) is 5.91 Å². The van der Waals surface area contributed by atoms with Crippen LogP contribution in [0.3, 0.4) is 0 Å². The van der Waals surface area contributed by atoms with Gasteiger partial charge in [-0.05, 0) is 12.1 Å². The molecule has 0 bridgehead atoms. The zero-order valence-corrected chi connectivity index (χ0v) is 7.40. The molecule has 0 radical (unpaired) electrons. The first-order chi connectivity index (χ1) is 6.09. The number of amides is 1. The van der Waals surface area contributed by atoms with Crippen LogP contribution in [0, 0.1) is 0 Å². The van der Waals surface area contributed by atoms with Crippen LogP contribution in [0.25, 0.3) is 0 Å². The van der Waals surface area contributed by atoms with E-state index in [9.17, 15) is 4.79 Å². The summed E-state index contributed by atoms with van der Waals surface area (Å²) in [5.74, 6) is 0.286. The molecule has 13 heavy (non-hydrogen) atoms. The molecule has 5 heteroatoms. The number of hydrogen-bond donors (Lipinski definition) is 2. The number of nitrogen functional groups attached to an aromatic ring is 1. The topological polar surface area (TPSA) is 85.2 Å². The Balaban J connectivity index is 2.71. The molecule has 0 unspecified atom stereocenters. The monoisotopic (exact) mass is 180 g/mol. The predicted molar refractivity (Wildman–Crippen MR) is 51.1 cm³/mol. The molecule has 0 saturated carbocycles. The summed E-state index contributed by atoms with van der Waals surface area (Å²) in [6.07, 6.45) is 1.53. The largest absolute Gasteiger partial charge is 0.397 e. The third-order valence-corrected chi connectivity index (χ3v) is 1.55. The third-order valence-electron chi connectivity index (χ3n) is 1.55. The molecule has 0 saturated heterocycles. The summed E-state index contributed by atoms with van der Waals surface area (Å²) in [5, 5.41) is 0. The summed E-state index contributed by atoms with van der Waals surface area (Å²) in [7, 11) is 1.74. The van der Waals surface area contributed by atoms with Crippen molar-refractivity contribution in [3.05, 3.63) is 18.3 Å². The van der Waals surface area contributed by atoms with Gasteiger partial charge >= 0.3 is 0 Å². The van der Waals surface area contributed by atoms with Crippen molar-refractivity contribution in [3.63, 3.8) is 0 Å². The van der Waals surface area contributed by atoms with Crippen LogP contribution in [-0.4, -0.2) is 24.5 Å². The van der Waals surface area contributed by atoms with E-state index in [2.05, 4.69) is 4.98 Å². The van der Waals surface area contributed by atoms with E-state index in [-0.39, 0.29) is 12.5 Å². The van der Waals surface area contributed by atoms with E-state index in [4.69, 9.17) is 11.5 Å². The van der Waals surface area contributed by atoms with Crippen LogP contribution >= 0.6 is 0 Å². The molecule has 70 valence electrons. The number of rotatable bonds is 3. The fraction of sp³-hybridized carbons (Fsp3) is 0.250. The third kappa shape index (κ3) is 2.62. The van der Waals surface area contributed by atoms with E-state index in [1.54, 1.807) is 24.1 Å². The van der Waals surface area contributed by atoms with Gasteiger partial charge in [0.05, 0.1) is 18.4 Å². The first kappa shape index (κ1) is 9.31. The smallest absolute Gasteiger partial charge is 0.236 e. The number of aromatic nitrogens is 1. The second-order valence-electron chi connectivity index (χ2n) is 2.77. The van der Waals surface area contributed by atoms with Crippen molar-refractivity contribution in [3.8, 4) is 0 Å². The molecule has 0 aliphatic heterocycles. The van der Waals surface area contributed by atoms with Crippen LogP contribution in [0.1, 0.15) is 0 Å². The van der Waals surface area contributed by atoms with Crippen molar-refractivity contribution in [1.82, 2.24) is 4.98 Å². The summed E-state index contributed by atoms with van der Waals surface area (Å²) in [5.41, 5.74) is 11.1. The number of anilines is 2. The Kier molecular flexibility index (Phi) is 2.69. The van der Waals surface area contributed by atoms with E-state index in [0.717, 1.165) is 0 Å². The number of carbonyl (C=O) groups is 1. The number of likely N-dealkylation sites (N-methyl/N-ethyl adjacent to an activating group) is 1.